The van der Waals surface area contributed by atoms with Crippen molar-refractivity contribution in [1.29, 1.82) is 0 Å². The topological polar surface area (TPSA) is 65.6 Å². The number of Topliss-reactive ketones (excluding diaryl/α,β-unsaturated/α-hetero) is 1. The Labute approximate surface area is 144 Å². The maximum absolute atomic E-state index is 12.6. The minimum absolute atomic E-state index is 0.0787. The average Bonchev–Trinajstić information content (AvgIpc) is 3.08. The first-order valence-corrected chi connectivity index (χ1v) is 8.60. The first-order valence-electron chi connectivity index (χ1n) is 7.61. The van der Waals surface area contributed by atoms with Crippen LogP contribution in [0.15, 0.2) is 35.5 Å². The fourth-order valence-corrected chi connectivity index (χ4v) is 3.49. The van der Waals surface area contributed by atoms with Crippen molar-refractivity contribution in [1.82, 2.24) is 24.8 Å². The molecule has 2 aromatic heterocycles. The van der Waals surface area contributed by atoms with E-state index in [1.807, 2.05) is 26.0 Å². The van der Waals surface area contributed by atoms with Gasteiger partial charge in [-0.05, 0) is 55.0 Å². The monoisotopic (exact) mass is 341 g/mol. The van der Waals surface area contributed by atoms with Crippen LogP contribution in [0.1, 0.15) is 27.3 Å². The molecule has 3 aromatic rings. The van der Waals surface area contributed by atoms with Gasteiger partial charge in [0.1, 0.15) is 0 Å². The van der Waals surface area contributed by atoms with E-state index in [9.17, 15) is 4.79 Å². The van der Waals surface area contributed by atoms with E-state index in [4.69, 9.17) is 0 Å². The van der Waals surface area contributed by atoms with Crippen LogP contribution in [-0.2, 0) is 7.05 Å². The third-order valence-electron chi connectivity index (χ3n) is 3.91. The predicted octanol–water partition coefficient (Wildman–Crippen LogP) is 2.90. The standard InChI is InChI=1S/C17H19N5OS/c1-11-6-5-7-14(8-11)22-12(2)9-15(13(22)3)16(23)10-24-17-18-19-20-21(17)4/h5-9H,10H2,1-4H3. The molecule has 7 heteroatoms. The second kappa shape index (κ2) is 6.60. The first kappa shape index (κ1) is 16.4. The molecule has 0 saturated carbocycles. The molecule has 0 atom stereocenters. The lowest BCUT2D eigenvalue weighted by Gasteiger charge is -2.10. The number of ketones is 1. The summed E-state index contributed by atoms with van der Waals surface area (Å²) >= 11 is 1.35. The molecule has 0 bridgehead atoms. The number of thioether (sulfide) groups is 1. The molecule has 0 radical (unpaired) electrons. The van der Waals surface area contributed by atoms with Crippen LogP contribution in [0.2, 0.25) is 0 Å². The molecule has 0 aliphatic rings. The molecule has 0 aliphatic heterocycles. The van der Waals surface area contributed by atoms with Crippen molar-refractivity contribution in [3.05, 3.63) is 52.8 Å². The number of hydrogen-bond acceptors (Lipinski definition) is 5. The van der Waals surface area contributed by atoms with Crippen LogP contribution in [0.4, 0.5) is 0 Å². The van der Waals surface area contributed by atoms with Gasteiger partial charge in [-0.2, -0.15) is 0 Å². The van der Waals surface area contributed by atoms with Crippen molar-refractivity contribution in [2.75, 3.05) is 5.75 Å². The minimum Gasteiger partial charge on any atom is -0.318 e. The summed E-state index contributed by atoms with van der Waals surface area (Å²) in [5.41, 5.74) is 5.02. The summed E-state index contributed by atoms with van der Waals surface area (Å²) in [7, 11) is 1.76. The van der Waals surface area contributed by atoms with E-state index in [0.717, 1.165) is 22.6 Å². The van der Waals surface area contributed by atoms with Gasteiger partial charge in [0.15, 0.2) is 5.78 Å². The van der Waals surface area contributed by atoms with E-state index in [2.05, 4.69) is 45.2 Å². The Kier molecular flexibility index (Phi) is 4.53. The number of benzene rings is 1. The molecule has 24 heavy (non-hydrogen) atoms. The molecule has 0 N–H and O–H groups in total. The second-order valence-electron chi connectivity index (χ2n) is 5.76. The number of nitrogens with zero attached hydrogens (tertiary/aromatic N) is 5. The summed E-state index contributed by atoms with van der Waals surface area (Å²) in [5, 5.41) is 11.9. The number of aryl methyl sites for hydroxylation is 3. The van der Waals surface area contributed by atoms with Crippen molar-refractivity contribution in [3.63, 3.8) is 0 Å². The van der Waals surface area contributed by atoms with E-state index in [-0.39, 0.29) is 5.78 Å². The van der Waals surface area contributed by atoms with E-state index in [1.165, 1.54) is 17.3 Å². The third-order valence-corrected chi connectivity index (χ3v) is 4.92. The highest BCUT2D eigenvalue weighted by Gasteiger charge is 2.18. The molecule has 124 valence electrons. The van der Waals surface area contributed by atoms with Gasteiger partial charge >= 0.3 is 0 Å². The van der Waals surface area contributed by atoms with E-state index < -0.39 is 0 Å². The van der Waals surface area contributed by atoms with Crippen molar-refractivity contribution in [3.8, 4) is 5.69 Å². The van der Waals surface area contributed by atoms with Gasteiger partial charge in [0.05, 0.1) is 5.75 Å². The molecule has 6 nitrogen and oxygen atoms in total. The molecule has 0 aliphatic carbocycles. The molecule has 2 heterocycles. The molecule has 0 spiro atoms. The van der Waals surface area contributed by atoms with E-state index >= 15 is 0 Å². The summed E-state index contributed by atoms with van der Waals surface area (Å²) in [5.74, 6) is 0.391. The predicted molar refractivity (Wildman–Crippen MR) is 93.8 cm³/mol. The van der Waals surface area contributed by atoms with Gasteiger partial charge in [-0.25, -0.2) is 4.68 Å². The van der Waals surface area contributed by atoms with Crippen LogP contribution in [0.3, 0.4) is 0 Å². The smallest absolute Gasteiger partial charge is 0.209 e. The van der Waals surface area contributed by atoms with Crippen molar-refractivity contribution in [2.45, 2.75) is 25.9 Å². The first-order chi connectivity index (χ1) is 11.5. The van der Waals surface area contributed by atoms with E-state index in [0.29, 0.717) is 10.9 Å². The third kappa shape index (κ3) is 3.12. The van der Waals surface area contributed by atoms with Crippen LogP contribution >= 0.6 is 11.8 Å². The zero-order chi connectivity index (χ0) is 17.3. The Balaban J connectivity index is 1.85. The Morgan fingerprint density at radius 1 is 1.21 bits per heavy atom. The average molecular weight is 341 g/mol. The molecule has 1 aromatic carbocycles. The van der Waals surface area contributed by atoms with Gasteiger partial charge in [-0.1, -0.05) is 23.9 Å². The zero-order valence-electron chi connectivity index (χ0n) is 14.1. The van der Waals surface area contributed by atoms with E-state index in [1.54, 1.807) is 11.7 Å². The number of rotatable bonds is 5. The molecule has 0 amide bonds. The lowest BCUT2D eigenvalue weighted by atomic mass is 10.2. The summed E-state index contributed by atoms with van der Waals surface area (Å²) in [6.45, 7) is 6.07. The van der Waals surface area contributed by atoms with Gasteiger partial charge in [0.2, 0.25) is 5.16 Å². The molecular formula is C17H19N5OS. The highest BCUT2D eigenvalue weighted by Crippen LogP contribution is 2.23. The summed E-state index contributed by atoms with van der Waals surface area (Å²) in [6, 6.07) is 10.2. The van der Waals surface area contributed by atoms with Crippen LogP contribution in [0.25, 0.3) is 5.69 Å². The van der Waals surface area contributed by atoms with Crippen molar-refractivity contribution in [2.24, 2.45) is 7.05 Å². The zero-order valence-corrected chi connectivity index (χ0v) is 15.0. The summed E-state index contributed by atoms with van der Waals surface area (Å²) in [6.07, 6.45) is 0. The number of hydrogen-bond donors (Lipinski definition) is 0. The Morgan fingerprint density at radius 2 is 2.00 bits per heavy atom. The fourth-order valence-electron chi connectivity index (χ4n) is 2.76. The van der Waals surface area contributed by atoms with Gasteiger partial charge in [-0.3, -0.25) is 4.79 Å². The number of tetrazole rings is 1. The lowest BCUT2D eigenvalue weighted by Crippen LogP contribution is -2.06. The Hall–Kier alpha value is -2.41. The summed E-state index contributed by atoms with van der Waals surface area (Å²) in [4.78, 5) is 12.6. The quantitative estimate of drug-likeness (QED) is 0.527. The van der Waals surface area contributed by atoms with Crippen LogP contribution in [0.5, 0.6) is 0 Å². The minimum atomic E-state index is 0.0787. The highest BCUT2D eigenvalue weighted by molar-refractivity contribution is 7.99. The molecule has 3 rings (SSSR count). The lowest BCUT2D eigenvalue weighted by molar-refractivity contribution is 0.102. The highest BCUT2D eigenvalue weighted by atomic mass is 32.2. The molecular weight excluding hydrogens is 322 g/mol. The van der Waals surface area contributed by atoms with Crippen LogP contribution in [-0.4, -0.2) is 36.3 Å². The normalized spacial score (nSPS) is 11.0. The maximum atomic E-state index is 12.6. The van der Waals surface area contributed by atoms with Crippen LogP contribution < -0.4 is 0 Å². The molecule has 0 unspecified atom stereocenters. The Morgan fingerprint density at radius 3 is 2.67 bits per heavy atom. The SMILES string of the molecule is Cc1cccc(-n2c(C)cc(C(=O)CSc3nnnn3C)c2C)c1. The van der Waals surface area contributed by atoms with Gasteiger partial charge < -0.3 is 4.57 Å². The molecule has 0 fully saturated rings. The number of aromatic nitrogens is 5. The fraction of sp³-hybridized carbons (Fsp3) is 0.294. The molecule has 0 saturated heterocycles. The second-order valence-corrected chi connectivity index (χ2v) is 6.70. The summed E-state index contributed by atoms with van der Waals surface area (Å²) < 4.78 is 3.68. The Bertz CT molecular complexity index is 896. The number of carbonyl (C=O) groups is 1. The van der Waals surface area contributed by atoms with Gasteiger partial charge in [-0.15, -0.1) is 5.10 Å². The van der Waals surface area contributed by atoms with Crippen molar-refractivity contribution < 1.29 is 4.79 Å². The van der Waals surface area contributed by atoms with Crippen LogP contribution in [0, 0.1) is 20.8 Å². The largest absolute Gasteiger partial charge is 0.318 e. The maximum Gasteiger partial charge on any atom is 0.209 e. The van der Waals surface area contributed by atoms with Gasteiger partial charge in [0.25, 0.3) is 0 Å². The van der Waals surface area contributed by atoms with Gasteiger partial charge in [0, 0.05) is 29.7 Å². The van der Waals surface area contributed by atoms with Crippen molar-refractivity contribution >= 4 is 17.5 Å². The number of carbonyl (C=O) groups excluding carboxylic acids is 1.